The lowest BCUT2D eigenvalue weighted by Crippen LogP contribution is -2.58. The molecule has 1 aromatic rings. The number of carbonyl (C=O) groups is 1. The van der Waals surface area contributed by atoms with Gasteiger partial charge in [0.25, 0.3) is 0 Å². The van der Waals surface area contributed by atoms with Crippen LogP contribution < -0.4 is 0 Å². The molecule has 5 nitrogen and oxygen atoms in total. The molecule has 1 aromatic carbocycles. The molecule has 0 spiro atoms. The molecule has 0 saturated carbocycles. The van der Waals surface area contributed by atoms with E-state index in [1.165, 1.54) is 5.56 Å². The first-order valence-electron chi connectivity index (χ1n) is 8.35. The average molecular weight is 320 g/mol. The summed E-state index contributed by atoms with van der Waals surface area (Å²) in [5, 5.41) is 10.1. The number of aliphatic hydroxyl groups is 1. The number of ether oxygens (including phenoxy) is 1. The number of nitrogens with zero attached hydrogens (tertiary/aromatic N) is 2. The lowest BCUT2D eigenvalue weighted by atomic mass is 10.1. The quantitative estimate of drug-likeness (QED) is 0.905. The van der Waals surface area contributed by atoms with E-state index in [4.69, 9.17) is 4.74 Å². The number of amides is 1. The molecule has 1 saturated heterocycles. The molecule has 1 aliphatic heterocycles. The SMILES string of the molecule is CC(C)COC(=O)N1CCN(Cc2ccccc2)C(C(C)O)C1. The third kappa shape index (κ3) is 5.22. The largest absolute Gasteiger partial charge is 0.449 e. The Balaban J connectivity index is 1.96. The number of piperazine rings is 1. The summed E-state index contributed by atoms with van der Waals surface area (Å²) >= 11 is 0. The molecule has 23 heavy (non-hydrogen) atoms. The molecular formula is C18H28N2O3. The van der Waals surface area contributed by atoms with Gasteiger partial charge in [-0.15, -0.1) is 0 Å². The summed E-state index contributed by atoms with van der Waals surface area (Å²) in [5.74, 6) is 0.325. The van der Waals surface area contributed by atoms with Gasteiger partial charge < -0.3 is 14.7 Å². The van der Waals surface area contributed by atoms with Crippen molar-refractivity contribution in [1.82, 2.24) is 9.80 Å². The van der Waals surface area contributed by atoms with Gasteiger partial charge in [0.05, 0.1) is 18.8 Å². The second-order valence-electron chi connectivity index (χ2n) is 6.68. The molecule has 0 aliphatic carbocycles. The molecule has 0 aromatic heterocycles. The highest BCUT2D eigenvalue weighted by Gasteiger charge is 2.33. The van der Waals surface area contributed by atoms with Crippen molar-refractivity contribution in [3.63, 3.8) is 0 Å². The molecule has 1 aliphatic rings. The van der Waals surface area contributed by atoms with Gasteiger partial charge in [-0.05, 0) is 18.4 Å². The van der Waals surface area contributed by atoms with Gasteiger partial charge in [0.2, 0.25) is 0 Å². The minimum absolute atomic E-state index is 0.0736. The Hall–Kier alpha value is -1.59. The second kappa shape index (κ2) is 8.31. The van der Waals surface area contributed by atoms with E-state index < -0.39 is 6.10 Å². The van der Waals surface area contributed by atoms with Crippen molar-refractivity contribution in [2.45, 2.75) is 39.5 Å². The second-order valence-corrected chi connectivity index (χ2v) is 6.68. The van der Waals surface area contributed by atoms with E-state index in [2.05, 4.69) is 17.0 Å². The predicted molar refractivity (Wildman–Crippen MR) is 90.1 cm³/mol. The highest BCUT2D eigenvalue weighted by molar-refractivity contribution is 5.67. The third-order valence-electron chi connectivity index (χ3n) is 4.12. The van der Waals surface area contributed by atoms with E-state index >= 15 is 0 Å². The predicted octanol–water partition coefficient (Wildman–Crippen LogP) is 2.35. The Morgan fingerprint density at radius 3 is 2.57 bits per heavy atom. The molecule has 128 valence electrons. The maximum Gasteiger partial charge on any atom is 0.409 e. The normalized spacial score (nSPS) is 20.6. The fraction of sp³-hybridized carbons (Fsp3) is 0.611. The van der Waals surface area contributed by atoms with Crippen LogP contribution in [0.3, 0.4) is 0 Å². The van der Waals surface area contributed by atoms with E-state index in [0.717, 1.165) is 13.1 Å². The van der Waals surface area contributed by atoms with E-state index in [0.29, 0.717) is 25.6 Å². The van der Waals surface area contributed by atoms with Crippen LogP contribution in [0.15, 0.2) is 30.3 Å². The van der Waals surface area contributed by atoms with Crippen molar-refractivity contribution in [2.24, 2.45) is 5.92 Å². The Labute approximate surface area is 138 Å². The van der Waals surface area contributed by atoms with Crippen molar-refractivity contribution in [3.8, 4) is 0 Å². The fourth-order valence-corrected chi connectivity index (χ4v) is 2.81. The topological polar surface area (TPSA) is 53.0 Å². The Morgan fingerprint density at radius 1 is 1.26 bits per heavy atom. The molecule has 0 radical (unpaired) electrons. The first kappa shape index (κ1) is 17.8. The van der Waals surface area contributed by atoms with Crippen LogP contribution >= 0.6 is 0 Å². The molecule has 2 unspecified atom stereocenters. The van der Waals surface area contributed by atoms with Crippen LogP contribution in [-0.4, -0.2) is 59.4 Å². The summed E-state index contributed by atoms with van der Waals surface area (Å²) in [4.78, 5) is 16.1. The summed E-state index contributed by atoms with van der Waals surface area (Å²) in [5.41, 5.74) is 1.22. The van der Waals surface area contributed by atoms with Crippen LogP contribution in [0.1, 0.15) is 26.3 Å². The van der Waals surface area contributed by atoms with Gasteiger partial charge in [-0.3, -0.25) is 4.90 Å². The molecule has 1 fully saturated rings. The van der Waals surface area contributed by atoms with Crippen molar-refractivity contribution < 1.29 is 14.6 Å². The zero-order valence-corrected chi connectivity index (χ0v) is 14.3. The first-order chi connectivity index (χ1) is 11.0. The van der Waals surface area contributed by atoms with Gasteiger partial charge in [0.15, 0.2) is 0 Å². The number of benzene rings is 1. The van der Waals surface area contributed by atoms with Crippen LogP contribution in [0.5, 0.6) is 0 Å². The van der Waals surface area contributed by atoms with Crippen molar-refractivity contribution >= 4 is 6.09 Å². The number of hydrogen-bond donors (Lipinski definition) is 1. The molecule has 5 heteroatoms. The van der Waals surface area contributed by atoms with Gasteiger partial charge in [0, 0.05) is 26.2 Å². The van der Waals surface area contributed by atoms with E-state index in [1.807, 2.05) is 32.0 Å². The zero-order valence-electron chi connectivity index (χ0n) is 14.3. The van der Waals surface area contributed by atoms with Crippen LogP contribution in [0.4, 0.5) is 4.79 Å². The van der Waals surface area contributed by atoms with Gasteiger partial charge >= 0.3 is 6.09 Å². The maximum absolute atomic E-state index is 12.1. The Kier molecular flexibility index (Phi) is 6.42. The van der Waals surface area contributed by atoms with Crippen molar-refractivity contribution in [1.29, 1.82) is 0 Å². The van der Waals surface area contributed by atoms with Crippen molar-refractivity contribution in [3.05, 3.63) is 35.9 Å². The van der Waals surface area contributed by atoms with Gasteiger partial charge in [-0.2, -0.15) is 0 Å². The summed E-state index contributed by atoms with van der Waals surface area (Å²) in [6.45, 7) is 8.91. The summed E-state index contributed by atoms with van der Waals surface area (Å²) in [6, 6.07) is 10.1. The van der Waals surface area contributed by atoms with Crippen molar-refractivity contribution in [2.75, 3.05) is 26.2 Å². The third-order valence-corrected chi connectivity index (χ3v) is 4.12. The standard InChI is InChI=1S/C18H28N2O3/c1-14(2)13-23-18(22)20-10-9-19(17(12-20)15(3)21)11-16-7-5-4-6-8-16/h4-8,14-15,17,21H,9-13H2,1-3H3. The number of carbonyl (C=O) groups excluding carboxylic acids is 1. The van der Waals surface area contributed by atoms with Crippen LogP contribution in [0.25, 0.3) is 0 Å². The summed E-state index contributed by atoms with van der Waals surface area (Å²) < 4.78 is 5.31. The highest BCUT2D eigenvalue weighted by atomic mass is 16.6. The zero-order chi connectivity index (χ0) is 16.8. The van der Waals surface area contributed by atoms with Crippen LogP contribution in [0.2, 0.25) is 0 Å². The van der Waals surface area contributed by atoms with E-state index in [-0.39, 0.29) is 12.1 Å². The Morgan fingerprint density at radius 2 is 1.96 bits per heavy atom. The number of rotatable bonds is 5. The number of hydrogen-bond acceptors (Lipinski definition) is 4. The summed E-state index contributed by atoms with van der Waals surface area (Å²) in [6.07, 6.45) is -0.775. The smallest absolute Gasteiger partial charge is 0.409 e. The molecule has 2 rings (SSSR count). The number of aliphatic hydroxyl groups excluding tert-OH is 1. The lowest BCUT2D eigenvalue weighted by molar-refractivity contribution is -0.00569. The van der Waals surface area contributed by atoms with Gasteiger partial charge in [-0.1, -0.05) is 44.2 Å². The molecule has 1 N–H and O–H groups in total. The molecule has 2 atom stereocenters. The lowest BCUT2D eigenvalue weighted by Gasteiger charge is -2.42. The molecule has 0 bridgehead atoms. The van der Waals surface area contributed by atoms with E-state index in [1.54, 1.807) is 11.8 Å². The minimum Gasteiger partial charge on any atom is -0.449 e. The highest BCUT2D eigenvalue weighted by Crippen LogP contribution is 2.17. The Bertz CT molecular complexity index is 490. The minimum atomic E-state index is -0.501. The van der Waals surface area contributed by atoms with E-state index in [9.17, 15) is 9.90 Å². The molecule has 1 amide bonds. The van der Waals surface area contributed by atoms with Crippen LogP contribution in [0, 0.1) is 5.92 Å². The maximum atomic E-state index is 12.1. The molecule has 1 heterocycles. The van der Waals surface area contributed by atoms with Gasteiger partial charge in [-0.25, -0.2) is 4.79 Å². The monoisotopic (exact) mass is 320 g/mol. The summed E-state index contributed by atoms with van der Waals surface area (Å²) in [7, 11) is 0. The average Bonchev–Trinajstić information content (AvgIpc) is 2.53. The molecular weight excluding hydrogens is 292 g/mol. The first-order valence-corrected chi connectivity index (χ1v) is 8.35. The van der Waals surface area contributed by atoms with Gasteiger partial charge in [0.1, 0.15) is 0 Å². The fourth-order valence-electron chi connectivity index (χ4n) is 2.81. The van der Waals surface area contributed by atoms with Crippen LogP contribution in [-0.2, 0) is 11.3 Å².